The van der Waals surface area contributed by atoms with Gasteiger partial charge in [-0.2, -0.15) is 4.98 Å². The Kier molecular flexibility index (Phi) is 3.80. The van der Waals surface area contributed by atoms with Crippen LogP contribution in [0.2, 0.25) is 0 Å². The first-order valence-corrected chi connectivity index (χ1v) is 7.13. The lowest BCUT2D eigenvalue weighted by Gasteiger charge is -2.09. The lowest BCUT2D eigenvalue weighted by Crippen LogP contribution is -2.04. The van der Waals surface area contributed by atoms with Gasteiger partial charge in [0.25, 0.3) is 0 Å². The van der Waals surface area contributed by atoms with Gasteiger partial charge in [0.2, 0.25) is 5.95 Å². The molecular formula is C17H16N4O2. The summed E-state index contributed by atoms with van der Waals surface area (Å²) in [5.74, 6) is -0.0552. The van der Waals surface area contributed by atoms with Gasteiger partial charge >= 0.3 is 5.97 Å². The number of nitrogen functional groups attached to an aromatic ring is 1. The zero-order valence-electron chi connectivity index (χ0n) is 12.6. The molecule has 23 heavy (non-hydrogen) atoms. The van der Waals surface area contributed by atoms with Crippen molar-refractivity contribution in [2.24, 2.45) is 0 Å². The van der Waals surface area contributed by atoms with Crippen molar-refractivity contribution in [3.8, 4) is 0 Å². The molecule has 0 aliphatic heterocycles. The Balaban J connectivity index is 2.03. The van der Waals surface area contributed by atoms with E-state index in [1.807, 2.05) is 30.3 Å². The van der Waals surface area contributed by atoms with Crippen LogP contribution >= 0.6 is 0 Å². The Morgan fingerprint density at radius 3 is 2.74 bits per heavy atom. The minimum atomic E-state index is -0.926. The third-order valence-corrected chi connectivity index (χ3v) is 3.66. The molecule has 0 fully saturated rings. The number of anilines is 2. The summed E-state index contributed by atoms with van der Waals surface area (Å²) in [6.07, 6.45) is 0.511. The van der Waals surface area contributed by atoms with E-state index in [4.69, 9.17) is 5.73 Å². The molecule has 2 aromatic carbocycles. The molecule has 1 heterocycles. The van der Waals surface area contributed by atoms with E-state index in [9.17, 15) is 9.90 Å². The number of nitrogens with one attached hydrogen (secondary N) is 1. The van der Waals surface area contributed by atoms with Crippen LogP contribution in [0.1, 0.15) is 21.5 Å². The fraction of sp³-hybridized carbons (Fsp3) is 0.118. The van der Waals surface area contributed by atoms with Gasteiger partial charge in [-0.3, -0.25) is 0 Å². The average molecular weight is 308 g/mol. The van der Waals surface area contributed by atoms with E-state index < -0.39 is 5.97 Å². The van der Waals surface area contributed by atoms with Crippen molar-refractivity contribution in [3.63, 3.8) is 0 Å². The molecule has 0 aliphatic carbocycles. The van der Waals surface area contributed by atoms with Crippen LogP contribution in [0.15, 0.2) is 42.5 Å². The second kappa shape index (κ2) is 5.92. The van der Waals surface area contributed by atoms with Crippen LogP contribution in [0.3, 0.4) is 0 Å². The van der Waals surface area contributed by atoms with Gasteiger partial charge in [-0.1, -0.05) is 24.3 Å². The monoisotopic (exact) mass is 308 g/mol. The fourth-order valence-electron chi connectivity index (χ4n) is 2.60. The Morgan fingerprint density at radius 1 is 1.22 bits per heavy atom. The van der Waals surface area contributed by atoms with Crippen LogP contribution in [0.4, 0.5) is 11.8 Å². The molecule has 0 unspecified atom stereocenters. The largest absolute Gasteiger partial charge is 0.478 e. The number of nitrogens with zero attached hydrogens (tertiary/aromatic N) is 2. The first-order valence-electron chi connectivity index (χ1n) is 7.13. The van der Waals surface area contributed by atoms with Crippen LogP contribution < -0.4 is 11.1 Å². The minimum Gasteiger partial charge on any atom is -0.478 e. The number of carboxylic acids is 1. The molecule has 0 atom stereocenters. The Labute approximate surface area is 133 Å². The summed E-state index contributed by atoms with van der Waals surface area (Å²) >= 11 is 0. The first-order chi connectivity index (χ1) is 11.1. The number of carbonyl (C=O) groups is 1. The van der Waals surface area contributed by atoms with E-state index in [2.05, 4.69) is 15.3 Å². The fourth-order valence-corrected chi connectivity index (χ4v) is 2.60. The highest BCUT2D eigenvalue weighted by atomic mass is 16.4. The van der Waals surface area contributed by atoms with Crippen molar-refractivity contribution in [2.45, 2.75) is 6.42 Å². The van der Waals surface area contributed by atoms with Crippen molar-refractivity contribution in [2.75, 3.05) is 18.1 Å². The van der Waals surface area contributed by atoms with Crippen LogP contribution in [-0.4, -0.2) is 28.1 Å². The number of rotatable bonds is 4. The molecule has 6 heteroatoms. The summed E-state index contributed by atoms with van der Waals surface area (Å²) in [6, 6.07) is 12.8. The lowest BCUT2D eigenvalue weighted by molar-refractivity contribution is 0.0696. The van der Waals surface area contributed by atoms with Crippen LogP contribution in [-0.2, 0) is 6.42 Å². The highest BCUT2D eigenvalue weighted by molar-refractivity contribution is 5.91. The van der Waals surface area contributed by atoms with Crippen LogP contribution in [0, 0.1) is 0 Å². The zero-order chi connectivity index (χ0) is 16.4. The van der Waals surface area contributed by atoms with Crippen molar-refractivity contribution in [1.29, 1.82) is 0 Å². The average Bonchev–Trinajstić information content (AvgIpc) is 2.54. The number of hydrogen-bond donors (Lipinski definition) is 3. The molecule has 4 N–H and O–H groups in total. The molecule has 0 saturated carbocycles. The Bertz CT molecular complexity index is 893. The van der Waals surface area contributed by atoms with Gasteiger partial charge in [0.15, 0.2) is 0 Å². The Hall–Kier alpha value is -3.15. The van der Waals surface area contributed by atoms with E-state index >= 15 is 0 Å². The van der Waals surface area contributed by atoms with Gasteiger partial charge in [-0.15, -0.1) is 0 Å². The summed E-state index contributed by atoms with van der Waals surface area (Å²) < 4.78 is 0. The van der Waals surface area contributed by atoms with Crippen molar-refractivity contribution < 1.29 is 9.90 Å². The maximum Gasteiger partial charge on any atom is 0.335 e. The van der Waals surface area contributed by atoms with Gasteiger partial charge in [0, 0.05) is 12.4 Å². The number of hydrogen-bond acceptors (Lipinski definition) is 5. The summed E-state index contributed by atoms with van der Waals surface area (Å²) in [4.78, 5) is 19.7. The predicted octanol–water partition coefficient (Wildman–Crippen LogP) is 2.54. The van der Waals surface area contributed by atoms with E-state index in [1.165, 1.54) is 0 Å². The SMILES string of the molecule is CNc1nc(N)nc2cc(Cc3ccccc3C(=O)O)ccc12. The van der Waals surface area contributed by atoms with E-state index in [-0.39, 0.29) is 5.95 Å². The second-order valence-corrected chi connectivity index (χ2v) is 5.17. The highest BCUT2D eigenvalue weighted by Gasteiger charge is 2.11. The first kappa shape index (κ1) is 14.8. The quantitative estimate of drug-likeness (QED) is 0.684. The summed E-state index contributed by atoms with van der Waals surface area (Å²) in [5.41, 5.74) is 8.49. The smallest absolute Gasteiger partial charge is 0.335 e. The van der Waals surface area contributed by atoms with Gasteiger partial charge in [-0.05, 0) is 35.7 Å². The van der Waals surface area contributed by atoms with E-state index in [0.717, 1.165) is 22.0 Å². The second-order valence-electron chi connectivity index (χ2n) is 5.17. The van der Waals surface area contributed by atoms with Gasteiger partial charge in [-0.25, -0.2) is 9.78 Å². The number of carboxylic acid groups (broad SMARTS) is 1. The van der Waals surface area contributed by atoms with E-state index in [0.29, 0.717) is 17.8 Å². The summed E-state index contributed by atoms with van der Waals surface area (Å²) in [6.45, 7) is 0. The number of nitrogens with two attached hydrogens (primary N) is 1. The minimum absolute atomic E-state index is 0.199. The molecule has 0 saturated heterocycles. The topological polar surface area (TPSA) is 101 Å². The molecule has 116 valence electrons. The maximum absolute atomic E-state index is 11.3. The van der Waals surface area contributed by atoms with Crippen LogP contribution in [0.25, 0.3) is 10.9 Å². The molecular weight excluding hydrogens is 292 g/mol. The highest BCUT2D eigenvalue weighted by Crippen LogP contribution is 2.23. The molecule has 3 rings (SSSR count). The normalized spacial score (nSPS) is 10.7. The number of fused-ring (bicyclic) bond motifs is 1. The van der Waals surface area contributed by atoms with Gasteiger partial charge in [0.1, 0.15) is 5.82 Å². The molecule has 3 aromatic rings. The van der Waals surface area contributed by atoms with Crippen molar-refractivity contribution in [3.05, 3.63) is 59.2 Å². The maximum atomic E-state index is 11.3. The predicted molar refractivity (Wildman–Crippen MR) is 89.7 cm³/mol. The molecule has 1 aromatic heterocycles. The standard InChI is InChI=1S/C17H16N4O2/c1-19-15-13-7-6-10(9-14(13)20-17(18)21-15)8-11-4-2-3-5-12(11)16(22)23/h2-7,9H,8H2,1H3,(H,22,23)(H3,18,19,20,21). The molecule has 0 radical (unpaired) electrons. The molecule has 0 amide bonds. The molecule has 0 spiro atoms. The Morgan fingerprint density at radius 2 is 2.00 bits per heavy atom. The third kappa shape index (κ3) is 2.91. The van der Waals surface area contributed by atoms with Crippen molar-refractivity contribution in [1.82, 2.24) is 9.97 Å². The molecule has 6 nitrogen and oxygen atoms in total. The van der Waals surface area contributed by atoms with Crippen molar-refractivity contribution >= 4 is 28.6 Å². The summed E-state index contributed by atoms with van der Waals surface area (Å²) in [7, 11) is 1.78. The van der Waals surface area contributed by atoms with Crippen LogP contribution in [0.5, 0.6) is 0 Å². The lowest BCUT2D eigenvalue weighted by atomic mass is 9.99. The third-order valence-electron chi connectivity index (χ3n) is 3.66. The number of aromatic nitrogens is 2. The molecule has 0 bridgehead atoms. The number of aromatic carboxylic acids is 1. The molecule has 0 aliphatic rings. The number of benzene rings is 2. The zero-order valence-corrected chi connectivity index (χ0v) is 12.6. The van der Waals surface area contributed by atoms with E-state index in [1.54, 1.807) is 19.2 Å². The van der Waals surface area contributed by atoms with Gasteiger partial charge in [0.05, 0.1) is 11.1 Å². The van der Waals surface area contributed by atoms with Gasteiger partial charge < -0.3 is 16.2 Å². The summed E-state index contributed by atoms with van der Waals surface area (Å²) in [5, 5.41) is 13.1.